The van der Waals surface area contributed by atoms with E-state index in [4.69, 9.17) is 4.98 Å². The van der Waals surface area contributed by atoms with Gasteiger partial charge in [-0.25, -0.2) is 0 Å². The van der Waals surface area contributed by atoms with Gasteiger partial charge in [-0.2, -0.15) is 0 Å². The lowest BCUT2D eigenvalue weighted by Gasteiger charge is -2.36. The molecule has 3 aromatic carbocycles. The van der Waals surface area contributed by atoms with Gasteiger partial charge in [-0.1, -0.05) is 67.9 Å². The van der Waals surface area contributed by atoms with Gasteiger partial charge in [-0.15, -0.1) is 0 Å². The maximum Gasteiger partial charge on any atom is 0.0786 e. The predicted octanol–water partition coefficient (Wildman–Crippen LogP) is 6.00. The van der Waals surface area contributed by atoms with E-state index in [1.165, 1.54) is 43.8 Å². The van der Waals surface area contributed by atoms with Gasteiger partial charge in [0.1, 0.15) is 0 Å². The van der Waals surface area contributed by atoms with E-state index >= 15 is 0 Å². The first kappa shape index (κ1) is 13.7. The molecule has 0 radical (unpaired) electrons. The summed E-state index contributed by atoms with van der Waals surface area (Å²) >= 11 is 0. The third-order valence-corrected chi connectivity index (χ3v) is 5.49. The van der Waals surface area contributed by atoms with Crippen LogP contribution in [0.4, 0.5) is 0 Å². The highest BCUT2D eigenvalue weighted by Gasteiger charge is 2.35. The zero-order valence-electron chi connectivity index (χ0n) is 14.2. The smallest absolute Gasteiger partial charge is 0.0786 e. The molecule has 4 aromatic rings. The molecular weight excluding hydrogens is 290 g/mol. The van der Waals surface area contributed by atoms with Crippen molar-refractivity contribution in [1.29, 1.82) is 0 Å². The molecule has 0 atom stereocenters. The van der Waals surface area contributed by atoms with Crippen LogP contribution in [0.25, 0.3) is 32.8 Å². The fourth-order valence-corrected chi connectivity index (χ4v) is 4.44. The summed E-state index contributed by atoms with van der Waals surface area (Å²) in [4.78, 5) is 4.78. The third-order valence-electron chi connectivity index (χ3n) is 5.49. The SMILES string of the molecule is Cc1cc2c3c(nccc3c1)-c1ccc3ccccc3c1C2(C)C. The lowest BCUT2D eigenvalue weighted by atomic mass is 9.68. The first-order valence-electron chi connectivity index (χ1n) is 8.50. The van der Waals surface area contributed by atoms with Crippen LogP contribution in [0.3, 0.4) is 0 Å². The topological polar surface area (TPSA) is 12.9 Å². The van der Waals surface area contributed by atoms with Crippen LogP contribution in [0, 0.1) is 6.92 Å². The highest BCUT2D eigenvalue weighted by Crippen LogP contribution is 2.50. The number of aromatic nitrogens is 1. The van der Waals surface area contributed by atoms with Gasteiger partial charge in [0.25, 0.3) is 0 Å². The fraction of sp³-hybridized carbons (Fsp3) is 0.174. The second kappa shape index (κ2) is 4.45. The molecule has 116 valence electrons. The standard InChI is InChI=1S/C23H19N/c1-14-12-16-10-11-24-22-18-9-8-15-6-4-5-7-17(15)21(18)23(2,3)19(13-14)20(16)22/h4-13H,1-3H3. The lowest BCUT2D eigenvalue weighted by molar-refractivity contribution is 0.650. The Labute approximate surface area is 142 Å². The average molecular weight is 309 g/mol. The minimum atomic E-state index is -0.0451. The normalized spacial score (nSPS) is 14.8. The maximum atomic E-state index is 4.78. The Kier molecular flexibility index (Phi) is 2.55. The molecular formula is C23H19N. The van der Waals surface area contributed by atoms with E-state index in [9.17, 15) is 0 Å². The monoisotopic (exact) mass is 309 g/mol. The maximum absolute atomic E-state index is 4.78. The van der Waals surface area contributed by atoms with Crippen molar-refractivity contribution in [2.24, 2.45) is 0 Å². The van der Waals surface area contributed by atoms with Gasteiger partial charge in [0.15, 0.2) is 0 Å². The quantitative estimate of drug-likeness (QED) is 0.388. The van der Waals surface area contributed by atoms with Crippen molar-refractivity contribution >= 4 is 21.5 Å². The van der Waals surface area contributed by atoms with Crippen molar-refractivity contribution in [1.82, 2.24) is 4.98 Å². The van der Waals surface area contributed by atoms with E-state index in [-0.39, 0.29) is 5.41 Å². The molecule has 0 unspecified atom stereocenters. The molecule has 1 heterocycles. The number of nitrogens with zero attached hydrogens (tertiary/aromatic N) is 1. The second-order valence-electron chi connectivity index (χ2n) is 7.40. The molecule has 0 spiro atoms. The van der Waals surface area contributed by atoms with Crippen LogP contribution >= 0.6 is 0 Å². The molecule has 5 rings (SSSR count). The van der Waals surface area contributed by atoms with Crippen molar-refractivity contribution in [3.05, 3.63) is 77.5 Å². The van der Waals surface area contributed by atoms with Crippen LogP contribution in [0.15, 0.2) is 60.8 Å². The van der Waals surface area contributed by atoms with Crippen molar-refractivity contribution in [2.45, 2.75) is 26.2 Å². The number of fused-ring (bicyclic) bond motifs is 4. The molecule has 0 saturated heterocycles. The predicted molar refractivity (Wildman–Crippen MR) is 102 cm³/mol. The van der Waals surface area contributed by atoms with Crippen molar-refractivity contribution in [3.8, 4) is 11.3 Å². The Morgan fingerprint density at radius 1 is 0.875 bits per heavy atom. The molecule has 1 nitrogen and oxygen atoms in total. The van der Waals surface area contributed by atoms with Gasteiger partial charge in [0, 0.05) is 22.6 Å². The first-order valence-corrected chi connectivity index (χ1v) is 8.50. The van der Waals surface area contributed by atoms with Gasteiger partial charge in [0.2, 0.25) is 0 Å². The molecule has 1 aliphatic carbocycles. The zero-order chi connectivity index (χ0) is 16.5. The molecule has 0 fully saturated rings. The molecule has 1 aromatic heterocycles. The number of pyridine rings is 1. The van der Waals surface area contributed by atoms with E-state index in [1.54, 1.807) is 0 Å². The highest BCUT2D eigenvalue weighted by molar-refractivity contribution is 6.05. The Morgan fingerprint density at radius 3 is 2.58 bits per heavy atom. The average Bonchev–Trinajstić information content (AvgIpc) is 2.58. The van der Waals surface area contributed by atoms with Gasteiger partial charge in [-0.05, 0) is 40.3 Å². The summed E-state index contributed by atoms with van der Waals surface area (Å²) in [5, 5.41) is 5.25. The first-order chi connectivity index (χ1) is 11.6. The van der Waals surface area contributed by atoms with E-state index < -0.39 is 0 Å². The van der Waals surface area contributed by atoms with Crippen LogP contribution in [-0.4, -0.2) is 4.98 Å². The minimum absolute atomic E-state index is 0.0451. The molecule has 24 heavy (non-hydrogen) atoms. The number of benzene rings is 3. The summed E-state index contributed by atoms with van der Waals surface area (Å²) in [6.45, 7) is 6.88. The second-order valence-corrected chi connectivity index (χ2v) is 7.40. The summed E-state index contributed by atoms with van der Waals surface area (Å²) in [7, 11) is 0. The number of aryl methyl sites for hydroxylation is 1. The van der Waals surface area contributed by atoms with Crippen molar-refractivity contribution < 1.29 is 0 Å². The summed E-state index contributed by atoms with van der Waals surface area (Å²) in [5.41, 5.74) is 6.47. The number of rotatable bonds is 0. The lowest BCUT2D eigenvalue weighted by Crippen LogP contribution is -2.24. The third kappa shape index (κ3) is 1.62. The Morgan fingerprint density at radius 2 is 1.71 bits per heavy atom. The summed E-state index contributed by atoms with van der Waals surface area (Å²) in [6.07, 6.45) is 1.94. The summed E-state index contributed by atoms with van der Waals surface area (Å²) < 4.78 is 0. The molecule has 0 bridgehead atoms. The summed E-state index contributed by atoms with van der Waals surface area (Å²) in [5.74, 6) is 0. The highest BCUT2D eigenvalue weighted by atomic mass is 14.7. The summed E-state index contributed by atoms with van der Waals surface area (Å²) in [6, 6.07) is 19.9. The van der Waals surface area contributed by atoms with E-state index in [0.717, 1.165) is 5.69 Å². The van der Waals surface area contributed by atoms with Crippen LogP contribution in [0.5, 0.6) is 0 Å². The van der Waals surface area contributed by atoms with Crippen LogP contribution in [0.2, 0.25) is 0 Å². The number of hydrogen-bond donors (Lipinski definition) is 0. The van der Waals surface area contributed by atoms with Crippen molar-refractivity contribution in [2.75, 3.05) is 0 Å². The van der Waals surface area contributed by atoms with Crippen LogP contribution < -0.4 is 0 Å². The Bertz CT molecular complexity index is 1140. The fourth-order valence-electron chi connectivity index (χ4n) is 4.44. The Balaban J connectivity index is 2.06. The van der Waals surface area contributed by atoms with E-state index in [2.05, 4.69) is 75.4 Å². The molecule has 0 amide bonds. The Hall–Kier alpha value is -2.67. The van der Waals surface area contributed by atoms with Gasteiger partial charge in [-0.3, -0.25) is 4.98 Å². The van der Waals surface area contributed by atoms with E-state index in [1.807, 2.05) is 6.20 Å². The van der Waals surface area contributed by atoms with E-state index in [0.29, 0.717) is 0 Å². The van der Waals surface area contributed by atoms with Crippen LogP contribution in [0.1, 0.15) is 30.5 Å². The minimum Gasteiger partial charge on any atom is -0.256 e. The molecule has 0 saturated carbocycles. The zero-order valence-corrected chi connectivity index (χ0v) is 14.2. The van der Waals surface area contributed by atoms with Gasteiger partial charge < -0.3 is 0 Å². The van der Waals surface area contributed by atoms with Crippen LogP contribution in [-0.2, 0) is 5.41 Å². The van der Waals surface area contributed by atoms with Crippen molar-refractivity contribution in [3.63, 3.8) is 0 Å². The molecule has 1 heteroatoms. The largest absolute Gasteiger partial charge is 0.256 e. The number of hydrogen-bond acceptors (Lipinski definition) is 1. The molecule has 0 aliphatic heterocycles. The molecule has 0 N–H and O–H groups in total. The van der Waals surface area contributed by atoms with Gasteiger partial charge >= 0.3 is 0 Å². The molecule has 1 aliphatic rings. The van der Waals surface area contributed by atoms with Gasteiger partial charge in [0.05, 0.1) is 5.69 Å².